The molecule has 282 valence electrons. The summed E-state index contributed by atoms with van der Waals surface area (Å²) in [6, 6.07) is 4.81. The fourth-order valence-electron chi connectivity index (χ4n) is 11.3. The van der Waals surface area contributed by atoms with Crippen LogP contribution in [0.5, 0.6) is 11.5 Å². The van der Waals surface area contributed by atoms with Crippen LogP contribution >= 0.6 is 0 Å². The molecule has 0 aromatic heterocycles. The second kappa shape index (κ2) is 14.5. The second-order valence-corrected chi connectivity index (χ2v) is 15.4. The Kier molecular flexibility index (Phi) is 11.2. The van der Waals surface area contributed by atoms with Crippen LogP contribution in [0.3, 0.4) is 0 Å². The number of hydrogen-bond donors (Lipinski definition) is 1. The highest BCUT2D eigenvalue weighted by Crippen LogP contribution is 2.72. The molecule has 12 unspecified atom stereocenters. The maximum Gasteiger partial charge on any atom is 0.338 e. The monoisotopic (exact) mass is 705 g/mol. The number of fused-ring (bicyclic) bond motifs is 3. The topological polar surface area (TPSA) is 131 Å². The Morgan fingerprint density at radius 3 is 2.22 bits per heavy atom. The zero-order chi connectivity index (χ0) is 36.8. The molecule has 12 nitrogen and oxygen atoms in total. The molecule has 12 heteroatoms. The molecule has 2 bridgehead atoms. The number of nitrogens with zero attached hydrogens (tertiary/aromatic N) is 1. The number of carbonyl (C=O) groups excluding carboxylic acids is 2. The third kappa shape index (κ3) is 5.82. The highest BCUT2D eigenvalue weighted by atomic mass is 16.6. The van der Waals surface area contributed by atoms with E-state index in [2.05, 4.69) is 32.7 Å². The molecule has 1 aromatic carbocycles. The standard InChI is InChI=1S/C38H59NO11/c1-12-39(5)20-36(21-43-6)16-15-28(46-9)35(4)25-18-37(42)29(47-10)19-38(50-23(3)40,22(2)31(48-11)32(35)36)30(25)33(37)49-34(41)24-13-14-26(44-7)27(17-24)45-8/h13-14,17,22,25,28-33,42H,12,15-16,18-21H2,1-11H3. The van der Waals surface area contributed by atoms with Crippen LogP contribution in [0.25, 0.3) is 0 Å². The number of carbonyl (C=O) groups is 2. The van der Waals surface area contributed by atoms with Crippen molar-refractivity contribution in [2.24, 2.45) is 34.5 Å². The third-order valence-corrected chi connectivity index (χ3v) is 13.3. The van der Waals surface area contributed by atoms with Crippen LogP contribution in [-0.2, 0) is 33.2 Å². The zero-order valence-electron chi connectivity index (χ0n) is 31.8. The lowest BCUT2D eigenvalue weighted by Gasteiger charge is -2.61. The summed E-state index contributed by atoms with van der Waals surface area (Å²) in [5.41, 5.74) is -3.61. The molecular formula is C38H59NO11. The first-order valence-electron chi connectivity index (χ1n) is 17.8. The molecule has 0 aliphatic heterocycles. The van der Waals surface area contributed by atoms with Gasteiger partial charge in [-0.15, -0.1) is 0 Å². The van der Waals surface area contributed by atoms with Crippen LogP contribution in [-0.4, -0.2) is 127 Å². The molecule has 1 N–H and O–H groups in total. The van der Waals surface area contributed by atoms with Gasteiger partial charge in [0.15, 0.2) is 11.5 Å². The van der Waals surface area contributed by atoms with Gasteiger partial charge in [-0.2, -0.15) is 0 Å². The first-order valence-corrected chi connectivity index (χ1v) is 17.8. The van der Waals surface area contributed by atoms with Gasteiger partial charge in [-0.1, -0.05) is 20.8 Å². The van der Waals surface area contributed by atoms with Crippen molar-refractivity contribution in [3.63, 3.8) is 0 Å². The van der Waals surface area contributed by atoms with Crippen molar-refractivity contribution in [2.75, 3.05) is 69.4 Å². The largest absolute Gasteiger partial charge is 0.493 e. The van der Waals surface area contributed by atoms with E-state index in [0.29, 0.717) is 18.1 Å². The van der Waals surface area contributed by atoms with E-state index in [0.717, 1.165) is 25.9 Å². The van der Waals surface area contributed by atoms with Crippen LogP contribution < -0.4 is 9.47 Å². The number of methoxy groups -OCH3 is 6. The summed E-state index contributed by atoms with van der Waals surface area (Å²) in [6.07, 6.45) is -0.530. The van der Waals surface area contributed by atoms with Gasteiger partial charge >= 0.3 is 11.9 Å². The third-order valence-electron chi connectivity index (χ3n) is 13.3. The molecule has 0 amide bonds. The minimum Gasteiger partial charge on any atom is -0.493 e. The van der Waals surface area contributed by atoms with Gasteiger partial charge in [0.05, 0.1) is 44.7 Å². The van der Waals surface area contributed by atoms with E-state index in [-0.39, 0.29) is 41.8 Å². The van der Waals surface area contributed by atoms with E-state index in [4.69, 9.17) is 37.9 Å². The van der Waals surface area contributed by atoms with Gasteiger partial charge in [0.2, 0.25) is 0 Å². The van der Waals surface area contributed by atoms with Gasteiger partial charge in [-0.25, -0.2) is 4.79 Å². The molecule has 50 heavy (non-hydrogen) atoms. The Morgan fingerprint density at radius 1 is 0.980 bits per heavy atom. The summed E-state index contributed by atoms with van der Waals surface area (Å²) in [5, 5.41) is 12.9. The Bertz CT molecular complexity index is 1390. The lowest BCUT2D eigenvalue weighted by atomic mass is 9.48. The minimum atomic E-state index is -1.59. The first-order chi connectivity index (χ1) is 23.7. The molecule has 0 heterocycles. The quantitative estimate of drug-likeness (QED) is 0.298. The normalized spacial score (nSPS) is 40.5. The molecule has 5 rings (SSSR count). The van der Waals surface area contributed by atoms with Crippen LogP contribution in [0.4, 0.5) is 0 Å². The summed E-state index contributed by atoms with van der Waals surface area (Å²) < 4.78 is 49.1. The number of rotatable bonds is 13. The maximum absolute atomic E-state index is 14.1. The van der Waals surface area contributed by atoms with Crippen molar-refractivity contribution in [3.05, 3.63) is 23.8 Å². The van der Waals surface area contributed by atoms with E-state index in [1.165, 1.54) is 21.1 Å². The van der Waals surface area contributed by atoms with Crippen molar-refractivity contribution in [1.82, 2.24) is 4.90 Å². The van der Waals surface area contributed by atoms with Crippen LogP contribution in [0, 0.1) is 34.5 Å². The van der Waals surface area contributed by atoms with Gasteiger partial charge in [-0.05, 0) is 57.0 Å². The fraction of sp³-hybridized carbons (Fsp3) is 0.789. The van der Waals surface area contributed by atoms with Gasteiger partial charge in [0.1, 0.15) is 17.3 Å². The van der Waals surface area contributed by atoms with Gasteiger partial charge < -0.3 is 47.9 Å². The number of benzene rings is 1. The highest BCUT2D eigenvalue weighted by Gasteiger charge is 2.80. The number of esters is 2. The van der Waals surface area contributed by atoms with Crippen molar-refractivity contribution in [3.8, 4) is 11.5 Å². The molecule has 4 saturated carbocycles. The van der Waals surface area contributed by atoms with Crippen LogP contribution in [0.2, 0.25) is 0 Å². The second-order valence-electron chi connectivity index (χ2n) is 15.4. The van der Waals surface area contributed by atoms with E-state index < -0.39 is 58.7 Å². The number of hydrogen-bond acceptors (Lipinski definition) is 12. The van der Waals surface area contributed by atoms with Gasteiger partial charge in [-0.3, -0.25) is 4.79 Å². The lowest BCUT2D eigenvalue weighted by Crippen LogP contribution is -2.68. The number of ether oxygens (including phenoxy) is 8. The summed E-state index contributed by atoms with van der Waals surface area (Å²) in [4.78, 5) is 29.7. The zero-order valence-corrected chi connectivity index (χ0v) is 31.8. The van der Waals surface area contributed by atoms with E-state index in [1.807, 2.05) is 0 Å². The Labute approximate surface area is 297 Å². The molecule has 4 aliphatic carbocycles. The average molecular weight is 706 g/mol. The van der Waals surface area contributed by atoms with E-state index in [9.17, 15) is 14.7 Å². The fourth-order valence-corrected chi connectivity index (χ4v) is 11.3. The smallest absolute Gasteiger partial charge is 0.338 e. The predicted molar refractivity (Wildman–Crippen MR) is 184 cm³/mol. The van der Waals surface area contributed by atoms with Crippen LogP contribution in [0.15, 0.2) is 18.2 Å². The highest BCUT2D eigenvalue weighted by molar-refractivity contribution is 5.90. The van der Waals surface area contributed by atoms with Gasteiger partial charge in [0.25, 0.3) is 0 Å². The molecule has 0 saturated heterocycles. The Hall–Kier alpha value is -2.48. The molecule has 0 spiro atoms. The predicted octanol–water partition coefficient (Wildman–Crippen LogP) is 4.00. The van der Waals surface area contributed by atoms with Crippen molar-refractivity contribution in [1.29, 1.82) is 0 Å². The van der Waals surface area contributed by atoms with Crippen molar-refractivity contribution in [2.45, 2.75) is 89.0 Å². The Balaban J connectivity index is 1.76. The molecular weight excluding hydrogens is 646 g/mol. The summed E-state index contributed by atoms with van der Waals surface area (Å²) in [7, 11) is 11.9. The summed E-state index contributed by atoms with van der Waals surface area (Å²) in [6.45, 7) is 9.95. The first kappa shape index (κ1) is 38.7. The Morgan fingerprint density at radius 2 is 1.66 bits per heavy atom. The lowest BCUT2D eigenvalue weighted by molar-refractivity contribution is -0.252. The minimum absolute atomic E-state index is 0.156. The number of aliphatic hydroxyl groups is 1. The average Bonchev–Trinajstić information content (AvgIpc) is 3.31. The molecule has 0 radical (unpaired) electrons. The molecule has 1 aromatic rings. The van der Waals surface area contributed by atoms with E-state index >= 15 is 0 Å². The summed E-state index contributed by atoms with van der Waals surface area (Å²) in [5.74, 6) is -1.78. The molecule has 4 fully saturated rings. The van der Waals surface area contributed by atoms with Crippen LogP contribution in [0.1, 0.15) is 63.7 Å². The summed E-state index contributed by atoms with van der Waals surface area (Å²) >= 11 is 0. The molecule has 12 atom stereocenters. The maximum atomic E-state index is 14.1. The van der Waals surface area contributed by atoms with Crippen molar-refractivity contribution < 1.29 is 52.6 Å². The van der Waals surface area contributed by atoms with Gasteiger partial charge in [0, 0.05) is 76.9 Å². The van der Waals surface area contributed by atoms with E-state index in [1.54, 1.807) is 46.6 Å². The van der Waals surface area contributed by atoms with Crippen molar-refractivity contribution >= 4 is 11.9 Å². The SMILES string of the molecule is CCN(C)CC1(COC)CCC(OC)C2(C)C3CC4(O)C(OC)CC(OC(C)=O)(C(C)C(OC)C12)C3C4OC(=O)c1ccc(OC)c(OC)c1. The molecule has 4 aliphatic rings.